The minimum atomic E-state index is -0.641. The molecule has 1 fully saturated rings. The van der Waals surface area contributed by atoms with E-state index in [1.165, 1.54) is 0 Å². The van der Waals surface area contributed by atoms with Crippen LogP contribution in [-0.2, 0) is 11.2 Å². The van der Waals surface area contributed by atoms with Crippen molar-refractivity contribution >= 4 is 29.1 Å². The summed E-state index contributed by atoms with van der Waals surface area (Å²) in [6.45, 7) is 7.03. The molecule has 5 rings (SSSR count). The second-order valence-electron chi connectivity index (χ2n) is 9.00. The Labute approximate surface area is 197 Å². The molecule has 34 heavy (non-hydrogen) atoms. The first-order chi connectivity index (χ1) is 16.3. The van der Waals surface area contributed by atoms with E-state index >= 15 is 0 Å². The van der Waals surface area contributed by atoms with Gasteiger partial charge in [0.2, 0.25) is 5.91 Å². The van der Waals surface area contributed by atoms with Crippen molar-refractivity contribution in [2.75, 3.05) is 22.9 Å². The summed E-state index contributed by atoms with van der Waals surface area (Å²) in [5.74, 6) is -0.741. The van der Waals surface area contributed by atoms with Gasteiger partial charge in [0, 0.05) is 36.4 Å². The molecule has 2 aliphatic heterocycles. The number of carbonyl (C=O) groups is 3. The molecular formula is C26H27N5O3. The summed E-state index contributed by atoms with van der Waals surface area (Å²) in [6, 6.07) is 11.5. The van der Waals surface area contributed by atoms with E-state index in [0.29, 0.717) is 37.2 Å². The second-order valence-corrected chi connectivity index (χ2v) is 9.00. The third-order valence-corrected chi connectivity index (χ3v) is 6.91. The Balaban J connectivity index is 1.58. The number of anilines is 2. The summed E-state index contributed by atoms with van der Waals surface area (Å²) in [6.07, 6.45) is 1.90. The van der Waals surface area contributed by atoms with Crippen molar-refractivity contribution in [3.05, 3.63) is 70.0 Å². The van der Waals surface area contributed by atoms with Gasteiger partial charge in [0.05, 0.1) is 5.69 Å². The molecule has 0 radical (unpaired) electrons. The highest BCUT2D eigenvalue weighted by Crippen LogP contribution is 2.33. The van der Waals surface area contributed by atoms with E-state index in [2.05, 4.69) is 5.10 Å². The van der Waals surface area contributed by atoms with E-state index in [4.69, 9.17) is 5.73 Å². The first kappa shape index (κ1) is 21.9. The van der Waals surface area contributed by atoms with Crippen molar-refractivity contribution in [2.24, 2.45) is 5.73 Å². The van der Waals surface area contributed by atoms with Gasteiger partial charge in [0.25, 0.3) is 11.8 Å². The Morgan fingerprint density at radius 3 is 2.41 bits per heavy atom. The number of nitrogens with two attached hydrogens (primary N) is 1. The van der Waals surface area contributed by atoms with Crippen LogP contribution < -0.4 is 15.5 Å². The number of hydrogen-bond donors (Lipinski definition) is 1. The van der Waals surface area contributed by atoms with Crippen molar-refractivity contribution in [1.82, 2.24) is 9.78 Å². The predicted octanol–water partition coefficient (Wildman–Crippen LogP) is 3.23. The molecule has 0 spiro atoms. The molecule has 8 heteroatoms. The summed E-state index contributed by atoms with van der Waals surface area (Å²) in [4.78, 5) is 41.7. The molecule has 1 saturated heterocycles. The second kappa shape index (κ2) is 8.13. The van der Waals surface area contributed by atoms with Gasteiger partial charge in [-0.1, -0.05) is 12.1 Å². The molecule has 0 bridgehead atoms. The number of primary amides is 1. The number of hydrogen-bond acceptors (Lipinski definition) is 4. The predicted molar refractivity (Wildman–Crippen MR) is 130 cm³/mol. The minimum Gasteiger partial charge on any atom is -0.364 e. The minimum absolute atomic E-state index is 0.127. The van der Waals surface area contributed by atoms with Gasteiger partial charge in [0.1, 0.15) is 5.69 Å². The molecular weight excluding hydrogens is 430 g/mol. The van der Waals surface area contributed by atoms with Crippen molar-refractivity contribution in [3.63, 3.8) is 0 Å². The lowest BCUT2D eigenvalue weighted by molar-refractivity contribution is -0.117. The van der Waals surface area contributed by atoms with Crippen LogP contribution in [0.1, 0.15) is 56.1 Å². The molecule has 2 aliphatic rings. The molecule has 2 aromatic carbocycles. The molecule has 1 aromatic heterocycles. The van der Waals surface area contributed by atoms with Crippen LogP contribution in [0.4, 0.5) is 11.4 Å². The molecule has 174 valence electrons. The van der Waals surface area contributed by atoms with Crippen molar-refractivity contribution in [1.29, 1.82) is 0 Å². The lowest BCUT2D eigenvalue weighted by Gasteiger charge is -2.30. The number of aromatic nitrogens is 2. The third-order valence-electron chi connectivity index (χ3n) is 6.91. The van der Waals surface area contributed by atoms with Gasteiger partial charge in [0.15, 0.2) is 5.69 Å². The number of rotatable bonds is 4. The summed E-state index contributed by atoms with van der Waals surface area (Å²) < 4.78 is 1.57. The van der Waals surface area contributed by atoms with Crippen molar-refractivity contribution < 1.29 is 14.4 Å². The Bertz CT molecular complexity index is 1360. The molecule has 3 amide bonds. The molecule has 0 atom stereocenters. The zero-order valence-corrected chi connectivity index (χ0v) is 19.6. The van der Waals surface area contributed by atoms with Crippen LogP contribution in [0.3, 0.4) is 0 Å². The van der Waals surface area contributed by atoms with Crippen molar-refractivity contribution in [3.8, 4) is 5.69 Å². The Morgan fingerprint density at radius 2 is 1.74 bits per heavy atom. The Hall–Kier alpha value is -3.94. The third kappa shape index (κ3) is 3.37. The largest absolute Gasteiger partial charge is 0.364 e. The van der Waals surface area contributed by atoms with Gasteiger partial charge in [-0.2, -0.15) is 5.10 Å². The van der Waals surface area contributed by atoms with Crippen LogP contribution in [0.25, 0.3) is 5.69 Å². The number of aryl methyl sites for hydroxylation is 2. The summed E-state index contributed by atoms with van der Waals surface area (Å²) in [7, 11) is 0. The summed E-state index contributed by atoms with van der Waals surface area (Å²) >= 11 is 0. The van der Waals surface area contributed by atoms with E-state index in [0.717, 1.165) is 40.2 Å². The first-order valence-electron chi connectivity index (χ1n) is 11.5. The van der Waals surface area contributed by atoms with Crippen LogP contribution >= 0.6 is 0 Å². The van der Waals surface area contributed by atoms with Crippen molar-refractivity contribution in [2.45, 2.75) is 40.0 Å². The average Bonchev–Trinajstić information content (AvgIpc) is 3.40. The Kier molecular flexibility index (Phi) is 5.23. The maximum Gasteiger partial charge on any atom is 0.277 e. The number of nitrogens with zero attached hydrogens (tertiary/aromatic N) is 4. The monoisotopic (exact) mass is 457 g/mol. The standard InChI is InChI=1S/C26H27N5O3/c1-15-6-4-7-21(17(15)3)31-24-19(23(28-31)25(27)33)11-13-30(26(24)34)20-10-9-18(14-16(20)2)29-12-5-8-22(29)32/h4,6-7,9-10,14H,5,8,11-13H2,1-3H3,(H2,27,33). The van der Waals surface area contributed by atoms with Gasteiger partial charge in [-0.3, -0.25) is 14.4 Å². The van der Waals surface area contributed by atoms with Crippen LogP contribution in [0.15, 0.2) is 36.4 Å². The van der Waals surface area contributed by atoms with E-state index in [1.807, 2.05) is 57.2 Å². The molecule has 2 N–H and O–H groups in total. The average molecular weight is 458 g/mol. The topological polar surface area (TPSA) is 102 Å². The lowest BCUT2D eigenvalue weighted by atomic mass is 10.0. The number of benzene rings is 2. The van der Waals surface area contributed by atoms with E-state index in [1.54, 1.807) is 14.5 Å². The van der Waals surface area contributed by atoms with E-state index < -0.39 is 5.91 Å². The highest BCUT2D eigenvalue weighted by Gasteiger charge is 2.35. The molecule has 3 heterocycles. The highest BCUT2D eigenvalue weighted by molar-refractivity contribution is 6.10. The fourth-order valence-corrected chi connectivity index (χ4v) is 4.96. The molecule has 0 unspecified atom stereocenters. The zero-order valence-electron chi connectivity index (χ0n) is 19.6. The summed E-state index contributed by atoms with van der Waals surface area (Å²) in [5, 5.41) is 4.49. The highest BCUT2D eigenvalue weighted by atomic mass is 16.2. The maximum atomic E-state index is 13.8. The van der Waals surface area contributed by atoms with Gasteiger partial charge in [-0.15, -0.1) is 0 Å². The fraction of sp³-hybridized carbons (Fsp3) is 0.308. The Morgan fingerprint density at radius 1 is 0.941 bits per heavy atom. The quantitative estimate of drug-likeness (QED) is 0.650. The maximum absolute atomic E-state index is 13.8. The lowest BCUT2D eigenvalue weighted by Crippen LogP contribution is -2.39. The van der Waals surface area contributed by atoms with Crippen LogP contribution in [0.5, 0.6) is 0 Å². The zero-order chi connectivity index (χ0) is 24.1. The molecule has 0 aliphatic carbocycles. The van der Waals surface area contributed by atoms with Gasteiger partial charge in [-0.05, 0) is 74.6 Å². The SMILES string of the molecule is Cc1cc(N2CCCC2=O)ccc1N1CCc2c(C(N)=O)nn(-c3cccc(C)c3C)c2C1=O. The van der Waals surface area contributed by atoms with Crippen LogP contribution in [0.2, 0.25) is 0 Å². The number of fused-ring (bicyclic) bond motifs is 1. The number of carbonyl (C=O) groups excluding carboxylic acids is 3. The molecule has 8 nitrogen and oxygen atoms in total. The summed E-state index contributed by atoms with van der Waals surface area (Å²) in [5.41, 5.74) is 12.0. The molecule has 3 aromatic rings. The van der Waals surface area contributed by atoms with Gasteiger partial charge in [-0.25, -0.2) is 4.68 Å². The fourth-order valence-electron chi connectivity index (χ4n) is 4.96. The first-order valence-corrected chi connectivity index (χ1v) is 11.5. The smallest absolute Gasteiger partial charge is 0.277 e. The van der Waals surface area contributed by atoms with E-state index in [-0.39, 0.29) is 17.5 Å². The van der Waals surface area contributed by atoms with Gasteiger partial charge >= 0.3 is 0 Å². The van der Waals surface area contributed by atoms with Gasteiger partial charge < -0.3 is 15.5 Å². The van der Waals surface area contributed by atoms with Crippen LogP contribution in [0, 0.1) is 20.8 Å². The normalized spacial score (nSPS) is 15.7. The number of amides is 3. The van der Waals surface area contributed by atoms with E-state index in [9.17, 15) is 14.4 Å². The van der Waals surface area contributed by atoms with Crippen LogP contribution in [-0.4, -0.2) is 40.6 Å². The molecule has 0 saturated carbocycles.